The normalized spacial score (nSPS) is 17.5. The minimum absolute atomic E-state index is 0.0131. The topological polar surface area (TPSA) is 85.1 Å². The Labute approximate surface area is 180 Å². The SMILES string of the molecule is CCOC(=O)c1cc(C(F)(F)F)c(CN2CCC(N(C)C(=O)OC(C)(C)C)C2)cc1N. The molecule has 1 saturated heterocycles. The second kappa shape index (κ2) is 9.33. The number of halogens is 3. The third-order valence-corrected chi connectivity index (χ3v) is 4.95. The number of likely N-dealkylation sites (tertiary alicyclic amines) is 1. The predicted molar refractivity (Wildman–Crippen MR) is 109 cm³/mol. The summed E-state index contributed by atoms with van der Waals surface area (Å²) in [5, 5.41) is 0. The molecule has 1 aromatic rings. The Bertz CT molecular complexity index is 821. The largest absolute Gasteiger partial charge is 0.462 e. The summed E-state index contributed by atoms with van der Waals surface area (Å²) in [4.78, 5) is 27.5. The molecule has 2 N–H and O–H groups in total. The molecule has 1 aromatic carbocycles. The average molecular weight is 445 g/mol. The predicted octanol–water partition coefficient (Wildman–Crippen LogP) is 3.91. The number of likely N-dealkylation sites (N-methyl/N-ethyl adjacent to an activating group) is 1. The maximum absolute atomic E-state index is 13.7. The van der Waals surface area contributed by atoms with Crippen LogP contribution in [-0.4, -0.2) is 60.2 Å². The van der Waals surface area contributed by atoms with Gasteiger partial charge in [0.25, 0.3) is 0 Å². The van der Waals surface area contributed by atoms with E-state index in [0.717, 1.165) is 6.07 Å². The van der Waals surface area contributed by atoms with Crippen LogP contribution in [-0.2, 0) is 22.2 Å². The number of esters is 1. The van der Waals surface area contributed by atoms with Crippen LogP contribution in [0.1, 0.15) is 55.6 Å². The Hall–Kier alpha value is -2.49. The summed E-state index contributed by atoms with van der Waals surface area (Å²) < 4.78 is 51.2. The molecule has 1 fully saturated rings. The van der Waals surface area contributed by atoms with Crippen molar-refractivity contribution in [2.45, 2.75) is 58.5 Å². The molecular formula is C21H30F3N3O4. The second-order valence-electron chi connectivity index (χ2n) is 8.58. The van der Waals surface area contributed by atoms with Crippen molar-refractivity contribution in [3.63, 3.8) is 0 Å². The van der Waals surface area contributed by atoms with E-state index in [9.17, 15) is 22.8 Å². The van der Waals surface area contributed by atoms with Crippen LogP contribution in [0.2, 0.25) is 0 Å². The summed E-state index contributed by atoms with van der Waals surface area (Å²) >= 11 is 0. The second-order valence-corrected chi connectivity index (χ2v) is 8.58. The van der Waals surface area contributed by atoms with Crippen molar-refractivity contribution in [3.05, 3.63) is 28.8 Å². The summed E-state index contributed by atoms with van der Waals surface area (Å²) in [6.45, 7) is 7.78. The summed E-state index contributed by atoms with van der Waals surface area (Å²) in [6, 6.07) is 1.75. The van der Waals surface area contributed by atoms with E-state index in [2.05, 4.69) is 0 Å². The van der Waals surface area contributed by atoms with Crippen LogP contribution in [0.15, 0.2) is 12.1 Å². The molecule has 1 aliphatic heterocycles. The number of benzene rings is 1. The van der Waals surface area contributed by atoms with E-state index in [0.29, 0.717) is 19.5 Å². The summed E-state index contributed by atoms with van der Waals surface area (Å²) in [5.41, 5.74) is 3.90. The van der Waals surface area contributed by atoms with Crippen molar-refractivity contribution in [3.8, 4) is 0 Å². The first-order valence-corrected chi connectivity index (χ1v) is 10.1. The fraction of sp³-hybridized carbons (Fsp3) is 0.619. The van der Waals surface area contributed by atoms with E-state index in [4.69, 9.17) is 15.2 Å². The smallest absolute Gasteiger partial charge is 0.416 e. The quantitative estimate of drug-likeness (QED) is 0.547. The van der Waals surface area contributed by atoms with Gasteiger partial charge >= 0.3 is 18.2 Å². The average Bonchev–Trinajstić information content (AvgIpc) is 3.07. The number of carbonyl (C=O) groups excluding carboxylic acids is 2. The fourth-order valence-electron chi connectivity index (χ4n) is 3.44. The van der Waals surface area contributed by atoms with Crippen molar-refractivity contribution in [2.24, 2.45) is 0 Å². The Morgan fingerprint density at radius 1 is 1.26 bits per heavy atom. The molecule has 1 aliphatic rings. The fourth-order valence-corrected chi connectivity index (χ4v) is 3.44. The first-order chi connectivity index (χ1) is 14.2. The van der Waals surface area contributed by atoms with Gasteiger partial charge < -0.3 is 20.1 Å². The lowest BCUT2D eigenvalue weighted by molar-refractivity contribution is -0.138. The highest BCUT2D eigenvalue weighted by molar-refractivity contribution is 5.95. The lowest BCUT2D eigenvalue weighted by Crippen LogP contribution is -2.42. The van der Waals surface area contributed by atoms with Gasteiger partial charge in [-0.3, -0.25) is 4.90 Å². The molecular weight excluding hydrogens is 415 g/mol. The zero-order chi connectivity index (χ0) is 23.6. The third-order valence-electron chi connectivity index (χ3n) is 4.95. The lowest BCUT2D eigenvalue weighted by atomic mass is 10.0. The first kappa shape index (κ1) is 24.8. The Kier molecular flexibility index (Phi) is 7.46. The molecule has 174 valence electrons. The molecule has 2 rings (SSSR count). The first-order valence-electron chi connectivity index (χ1n) is 10.1. The van der Waals surface area contributed by atoms with Crippen molar-refractivity contribution in [1.29, 1.82) is 0 Å². The van der Waals surface area contributed by atoms with Gasteiger partial charge in [-0.25, -0.2) is 9.59 Å². The number of nitrogens with zero attached hydrogens (tertiary/aromatic N) is 2. The van der Waals surface area contributed by atoms with Gasteiger partial charge in [0.15, 0.2) is 0 Å². The van der Waals surface area contributed by atoms with E-state index >= 15 is 0 Å². The van der Waals surface area contributed by atoms with Crippen LogP contribution in [0, 0.1) is 0 Å². The molecule has 31 heavy (non-hydrogen) atoms. The highest BCUT2D eigenvalue weighted by atomic mass is 19.4. The number of ether oxygens (including phenoxy) is 2. The number of alkyl halides is 3. The zero-order valence-corrected chi connectivity index (χ0v) is 18.5. The van der Waals surface area contributed by atoms with Crippen molar-refractivity contribution >= 4 is 17.7 Å². The van der Waals surface area contributed by atoms with Crippen LogP contribution in [0.5, 0.6) is 0 Å². The summed E-state index contributed by atoms with van der Waals surface area (Å²) in [5.74, 6) is -0.891. The van der Waals surface area contributed by atoms with Gasteiger partial charge in [0.05, 0.1) is 17.7 Å². The standard InChI is InChI=1S/C21H30F3N3O4/c1-6-30-18(28)15-10-16(21(22,23)24)13(9-17(15)25)11-27-8-7-14(12-27)26(5)19(29)31-20(2,3)4/h9-10,14H,6-8,11-12,25H2,1-5H3. The number of nitrogens with two attached hydrogens (primary N) is 1. The molecule has 0 spiro atoms. The molecule has 7 nitrogen and oxygen atoms in total. The van der Waals surface area contributed by atoms with Gasteiger partial charge in [0.2, 0.25) is 0 Å². The number of hydrogen-bond acceptors (Lipinski definition) is 6. The van der Waals surface area contributed by atoms with Crippen LogP contribution in [0.4, 0.5) is 23.7 Å². The van der Waals surface area contributed by atoms with E-state index < -0.39 is 29.4 Å². The summed E-state index contributed by atoms with van der Waals surface area (Å²) in [6.07, 6.45) is -4.53. The van der Waals surface area contributed by atoms with E-state index in [-0.39, 0.29) is 36.0 Å². The number of rotatable bonds is 5. The van der Waals surface area contributed by atoms with Crippen molar-refractivity contribution in [2.75, 3.05) is 32.5 Å². The molecule has 1 unspecified atom stereocenters. The van der Waals surface area contributed by atoms with Gasteiger partial charge in [-0.1, -0.05) is 0 Å². The molecule has 1 amide bonds. The van der Waals surface area contributed by atoms with Crippen LogP contribution in [0.3, 0.4) is 0 Å². The van der Waals surface area contributed by atoms with Gasteiger partial charge in [0.1, 0.15) is 5.60 Å². The number of carbonyl (C=O) groups is 2. The number of anilines is 1. The molecule has 0 bridgehead atoms. The van der Waals surface area contributed by atoms with Crippen molar-refractivity contribution in [1.82, 2.24) is 9.80 Å². The Morgan fingerprint density at radius 2 is 1.90 bits per heavy atom. The minimum atomic E-state index is -4.66. The van der Waals surface area contributed by atoms with Crippen LogP contribution >= 0.6 is 0 Å². The van der Waals surface area contributed by atoms with Gasteiger partial charge in [-0.2, -0.15) is 13.2 Å². The van der Waals surface area contributed by atoms with E-state index in [1.165, 1.54) is 11.0 Å². The van der Waals surface area contributed by atoms with Gasteiger partial charge in [0, 0.05) is 38.4 Å². The Morgan fingerprint density at radius 3 is 2.45 bits per heavy atom. The highest BCUT2D eigenvalue weighted by Gasteiger charge is 2.37. The minimum Gasteiger partial charge on any atom is -0.462 e. The Balaban J connectivity index is 2.18. The van der Waals surface area contributed by atoms with Gasteiger partial charge in [-0.05, 0) is 51.8 Å². The molecule has 0 saturated carbocycles. The number of nitrogen functional groups attached to an aromatic ring is 1. The van der Waals surface area contributed by atoms with Crippen molar-refractivity contribution < 1.29 is 32.2 Å². The molecule has 10 heteroatoms. The third kappa shape index (κ3) is 6.49. The molecule has 1 heterocycles. The van der Waals surface area contributed by atoms with E-state index in [1.807, 2.05) is 4.90 Å². The van der Waals surface area contributed by atoms with Gasteiger partial charge in [-0.15, -0.1) is 0 Å². The van der Waals surface area contributed by atoms with E-state index in [1.54, 1.807) is 34.7 Å². The maximum atomic E-state index is 13.7. The lowest BCUT2D eigenvalue weighted by Gasteiger charge is -2.28. The zero-order valence-electron chi connectivity index (χ0n) is 18.5. The molecule has 0 aliphatic carbocycles. The summed E-state index contributed by atoms with van der Waals surface area (Å²) in [7, 11) is 1.62. The number of amides is 1. The molecule has 1 atom stereocenters. The number of hydrogen-bond donors (Lipinski definition) is 1. The molecule has 0 aromatic heterocycles. The van der Waals surface area contributed by atoms with Crippen LogP contribution in [0.25, 0.3) is 0 Å². The monoisotopic (exact) mass is 445 g/mol. The maximum Gasteiger partial charge on any atom is 0.416 e. The van der Waals surface area contributed by atoms with Crippen LogP contribution < -0.4 is 5.73 Å². The molecule has 0 radical (unpaired) electrons. The highest BCUT2D eigenvalue weighted by Crippen LogP contribution is 2.36.